The molecule has 0 saturated heterocycles. The minimum absolute atomic E-state index is 0.0479. The molecule has 0 radical (unpaired) electrons. The maximum atomic E-state index is 12.6. The smallest absolute Gasteiger partial charge is 0.339 e. The van der Waals surface area contributed by atoms with Crippen molar-refractivity contribution < 1.29 is 19.2 Å². The van der Waals surface area contributed by atoms with Crippen molar-refractivity contribution in [2.75, 3.05) is 5.32 Å². The lowest BCUT2D eigenvalue weighted by atomic mass is 10.1. The molecule has 0 saturated carbocycles. The number of hydrogen-bond donors (Lipinski definition) is 2. The molecule has 0 atom stereocenters. The van der Waals surface area contributed by atoms with Gasteiger partial charge in [-0.1, -0.05) is 75.7 Å². The van der Waals surface area contributed by atoms with E-state index in [-0.39, 0.29) is 16.9 Å². The molecule has 0 unspecified atom stereocenters. The van der Waals surface area contributed by atoms with Crippen LogP contribution in [0.3, 0.4) is 0 Å². The Morgan fingerprint density at radius 2 is 1.80 bits per heavy atom. The molecule has 4 rings (SSSR count). The maximum Gasteiger partial charge on any atom is 0.339 e. The molecule has 2 N–H and O–H groups in total. The Labute approximate surface area is 184 Å². The summed E-state index contributed by atoms with van der Waals surface area (Å²) in [6, 6.07) is 18.4. The van der Waals surface area contributed by atoms with Gasteiger partial charge in [0, 0.05) is 22.3 Å². The molecule has 2 aromatic carbocycles. The van der Waals surface area contributed by atoms with Crippen molar-refractivity contribution in [3.05, 3.63) is 82.9 Å². The Bertz CT molecular complexity index is 1200. The fourth-order valence-electron chi connectivity index (χ4n) is 2.93. The lowest BCUT2D eigenvalue weighted by molar-refractivity contribution is 0.0699. The van der Waals surface area contributed by atoms with Crippen molar-refractivity contribution in [3.63, 3.8) is 0 Å². The summed E-state index contributed by atoms with van der Waals surface area (Å²) in [6.45, 7) is 0. The minimum Gasteiger partial charge on any atom is -0.478 e. The summed E-state index contributed by atoms with van der Waals surface area (Å²) in [4.78, 5) is 25.1. The molecule has 0 aliphatic rings. The van der Waals surface area contributed by atoms with Crippen molar-refractivity contribution in [2.24, 2.45) is 0 Å². The van der Waals surface area contributed by atoms with Crippen LogP contribution in [0.15, 0.2) is 70.6 Å². The van der Waals surface area contributed by atoms with Crippen LogP contribution in [0.25, 0.3) is 21.8 Å². The molecule has 8 heteroatoms. The Hall–Kier alpha value is -3.23. The van der Waals surface area contributed by atoms with Crippen LogP contribution in [0.1, 0.15) is 26.4 Å². The summed E-state index contributed by atoms with van der Waals surface area (Å²) >= 11 is 4.65. The summed E-state index contributed by atoms with van der Waals surface area (Å²) in [7, 11) is 0. The number of rotatable bonds is 6. The molecule has 30 heavy (non-hydrogen) atoms. The summed E-state index contributed by atoms with van der Waals surface area (Å²) in [5.74, 6) is -1.20. The van der Waals surface area contributed by atoms with Gasteiger partial charge in [-0.15, -0.1) is 11.3 Å². The van der Waals surface area contributed by atoms with E-state index in [1.54, 1.807) is 5.38 Å². The first kappa shape index (κ1) is 20.1. The molecule has 4 aromatic rings. The first-order chi connectivity index (χ1) is 14.6. The monoisotopic (exact) mass is 482 g/mol. The number of aromatic nitrogens is 1. The van der Waals surface area contributed by atoms with Gasteiger partial charge in [-0.2, -0.15) is 0 Å². The first-order valence-corrected chi connectivity index (χ1v) is 10.9. The molecular formula is C22H15BrN2O4S. The summed E-state index contributed by atoms with van der Waals surface area (Å²) in [5.41, 5.74) is 2.99. The number of carbonyl (C=O) groups is 2. The summed E-state index contributed by atoms with van der Waals surface area (Å²) in [6.07, 6.45) is 0. The van der Waals surface area contributed by atoms with Crippen molar-refractivity contribution in [2.45, 2.75) is 5.33 Å². The number of halogens is 1. The highest BCUT2D eigenvalue weighted by atomic mass is 79.9. The second-order valence-electron chi connectivity index (χ2n) is 6.39. The number of nitrogens with one attached hydrogen (secondary N) is 1. The van der Waals surface area contributed by atoms with Crippen LogP contribution in [-0.2, 0) is 5.33 Å². The molecule has 0 aliphatic carbocycles. The Kier molecular flexibility index (Phi) is 5.78. The van der Waals surface area contributed by atoms with Crippen molar-refractivity contribution in [1.29, 1.82) is 0 Å². The first-order valence-electron chi connectivity index (χ1n) is 8.90. The molecule has 0 aliphatic heterocycles. The highest BCUT2D eigenvalue weighted by Gasteiger charge is 2.23. The number of anilines is 1. The maximum absolute atomic E-state index is 12.6. The number of thiophene rings is 1. The second kappa shape index (κ2) is 8.64. The number of carboxylic acids is 1. The molecule has 150 valence electrons. The van der Waals surface area contributed by atoms with E-state index in [1.807, 2.05) is 54.6 Å². The highest BCUT2D eigenvalue weighted by molar-refractivity contribution is 9.08. The third-order valence-electron chi connectivity index (χ3n) is 4.42. The zero-order valence-corrected chi connectivity index (χ0v) is 17.9. The number of alkyl halides is 1. The largest absolute Gasteiger partial charge is 0.478 e. The van der Waals surface area contributed by atoms with Gasteiger partial charge in [0.15, 0.2) is 11.5 Å². The van der Waals surface area contributed by atoms with E-state index in [0.717, 1.165) is 16.7 Å². The van der Waals surface area contributed by atoms with E-state index >= 15 is 0 Å². The van der Waals surface area contributed by atoms with Crippen LogP contribution < -0.4 is 5.32 Å². The van der Waals surface area contributed by atoms with E-state index in [0.29, 0.717) is 16.0 Å². The predicted octanol–water partition coefficient (Wildman–Crippen LogP) is 5.92. The Morgan fingerprint density at radius 1 is 1.07 bits per heavy atom. The van der Waals surface area contributed by atoms with Crippen molar-refractivity contribution in [3.8, 4) is 21.8 Å². The zero-order chi connectivity index (χ0) is 21.1. The van der Waals surface area contributed by atoms with Gasteiger partial charge >= 0.3 is 5.97 Å². The fraction of sp³-hybridized carbons (Fsp3) is 0.0455. The molecule has 6 nitrogen and oxygen atoms in total. The number of aromatic carboxylic acids is 1. The molecule has 0 spiro atoms. The van der Waals surface area contributed by atoms with Crippen molar-refractivity contribution in [1.82, 2.24) is 5.16 Å². The van der Waals surface area contributed by atoms with Crippen LogP contribution in [0.4, 0.5) is 5.69 Å². The van der Waals surface area contributed by atoms with Gasteiger partial charge in [0.25, 0.3) is 5.91 Å². The number of carboxylic acid groups (broad SMARTS) is 1. The zero-order valence-electron chi connectivity index (χ0n) is 15.5. The minimum atomic E-state index is -1.11. The summed E-state index contributed by atoms with van der Waals surface area (Å²) in [5, 5.41) is 18.5. The molecule has 2 heterocycles. The van der Waals surface area contributed by atoms with Gasteiger partial charge in [0.05, 0.1) is 10.6 Å². The van der Waals surface area contributed by atoms with E-state index in [9.17, 15) is 14.7 Å². The van der Waals surface area contributed by atoms with Crippen LogP contribution in [0.5, 0.6) is 0 Å². The lowest BCUT2D eigenvalue weighted by Gasteiger charge is -2.05. The number of benzene rings is 2. The predicted molar refractivity (Wildman–Crippen MR) is 119 cm³/mol. The van der Waals surface area contributed by atoms with Gasteiger partial charge in [-0.05, 0) is 11.1 Å². The number of amides is 1. The average Bonchev–Trinajstić information content (AvgIpc) is 3.42. The molecule has 0 fully saturated rings. The number of carbonyl (C=O) groups excluding carboxylic acids is 1. The third kappa shape index (κ3) is 4.05. The average molecular weight is 483 g/mol. The Balaban J connectivity index is 1.60. The second-order valence-corrected chi connectivity index (χ2v) is 7.83. The van der Waals surface area contributed by atoms with Gasteiger partial charge in [0.2, 0.25) is 0 Å². The van der Waals surface area contributed by atoms with E-state index in [1.165, 1.54) is 17.4 Å². The number of hydrogen-bond acceptors (Lipinski definition) is 5. The highest BCUT2D eigenvalue weighted by Crippen LogP contribution is 2.36. The van der Waals surface area contributed by atoms with Crippen molar-refractivity contribution >= 4 is 44.8 Å². The molecule has 1 amide bonds. The van der Waals surface area contributed by atoms with E-state index < -0.39 is 11.9 Å². The van der Waals surface area contributed by atoms with Gasteiger partial charge in [0.1, 0.15) is 5.56 Å². The number of nitrogens with zero attached hydrogens (tertiary/aromatic N) is 1. The molecule has 2 aromatic heterocycles. The van der Waals surface area contributed by atoms with Gasteiger partial charge in [-0.25, -0.2) is 4.79 Å². The van der Waals surface area contributed by atoms with Gasteiger partial charge < -0.3 is 14.9 Å². The van der Waals surface area contributed by atoms with Crippen LogP contribution >= 0.6 is 27.3 Å². The standard InChI is InChI=1S/C22H15BrN2O4S/c23-11-13-6-8-15(9-7-13)20-19(22(27)28)17(12-30-20)24-21(26)16-10-18(29-25-16)14-4-2-1-3-5-14/h1-10,12H,11H2,(H,24,26)(H,27,28). The van der Waals surface area contributed by atoms with Crippen LogP contribution in [-0.4, -0.2) is 22.1 Å². The lowest BCUT2D eigenvalue weighted by Crippen LogP contribution is -2.14. The fourth-order valence-corrected chi connectivity index (χ4v) is 4.30. The van der Waals surface area contributed by atoms with Crippen LogP contribution in [0.2, 0.25) is 0 Å². The van der Waals surface area contributed by atoms with E-state index in [2.05, 4.69) is 26.4 Å². The van der Waals surface area contributed by atoms with Crippen LogP contribution in [0, 0.1) is 0 Å². The quantitative estimate of drug-likeness (QED) is 0.333. The topological polar surface area (TPSA) is 92.4 Å². The normalized spacial score (nSPS) is 10.7. The third-order valence-corrected chi connectivity index (χ3v) is 6.10. The molecule has 0 bridgehead atoms. The summed E-state index contributed by atoms with van der Waals surface area (Å²) < 4.78 is 5.26. The Morgan fingerprint density at radius 3 is 2.47 bits per heavy atom. The van der Waals surface area contributed by atoms with E-state index in [4.69, 9.17) is 4.52 Å². The SMILES string of the molecule is O=C(Nc1csc(-c2ccc(CBr)cc2)c1C(=O)O)c1cc(-c2ccccc2)on1. The van der Waals surface area contributed by atoms with Gasteiger partial charge in [-0.3, -0.25) is 4.79 Å². The molecular weight excluding hydrogens is 468 g/mol.